The second kappa shape index (κ2) is 6.90. The number of anilines is 3. The predicted molar refractivity (Wildman–Crippen MR) is 109 cm³/mol. The minimum atomic E-state index is -3.47. The van der Waals surface area contributed by atoms with Crippen LogP contribution in [0.3, 0.4) is 0 Å². The molecule has 8 nitrogen and oxygen atoms in total. The summed E-state index contributed by atoms with van der Waals surface area (Å²) >= 11 is 6.09. The first-order valence-corrected chi connectivity index (χ1v) is 10.4. The summed E-state index contributed by atoms with van der Waals surface area (Å²) in [6.07, 6.45) is 1.90. The van der Waals surface area contributed by atoms with Crippen molar-refractivity contribution in [2.45, 2.75) is 13.3 Å². The van der Waals surface area contributed by atoms with Crippen molar-refractivity contribution in [2.75, 3.05) is 22.9 Å². The first-order chi connectivity index (χ1) is 12.6. The molecule has 3 aromatic rings. The Morgan fingerprint density at radius 2 is 2.00 bits per heavy atom. The lowest BCUT2D eigenvalue weighted by Gasteiger charge is -2.22. The number of sulfonamides is 1. The van der Waals surface area contributed by atoms with Crippen LogP contribution in [-0.4, -0.2) is 36.5 Å². The number of nitrogens with one attached hydrogen (secondary N) is 2. The van der Waals surface area contributed by atoms with Gasteiger partial charge < -0.3 is 5.32 Å². The summed E-state index contributed by atoms with van der Waals surface area (Å²) in [7, 11) is -0.398. The number of nitrogens with zero attached hydrogens (tertiary/aromatic N) is 3. The number of fused-ring (bicyclic) bond motifs is 1. The van der Waals surface area contributed by atoms with Crippen molar-refractivity contribution in [1.82, 2.24) is 14.8 Å². The number of aryl methyl sites for hydroxylation is 2. The molecule has 0 aliphatic carbocycles. The molecule has 0 spiro atoms. The number of hydrogen-bond acceptors (Lipinski definition) is 5. The van der Waals surface area contributed by atoms with Crippen LogP contribution in [0.25, 0.3) is 11.0 Å². The number of aromatic amines is 1. The molecular formula is C17H20ClN5O3S. The van der Waals surface area contributed by atoms with E-state index in [-0.39, 0.29) is 10.7 Å². The molecule has 0 saturated heterocycles. The van der Waals surface area contributed by atoms with E-state index in [4.69, 9.17) is 11.6 Å². The van der Waals surface area contributed by atoms with E-state index in [2.05, 4.69) is 15.4 Å². The first kappa shape index (κ1) is 19.2. The highest BCUT2D eigenvalue weighted by Gasteiger charge is 2.19. The Balaban J connectivity index is 2.19. The Hall–Kier alpha value is -2.52. The Kier molecular flexibility index (Phi) is 4.92. The Morgan fingerprint density at radius 3 is 2.63 bits per heavy atom. The SMILES string of the molecule is CCc1ccc(Nc2cc(Cl)nc3[nH]n(C)c(=O)c23)c(N(C)S(C)(=O)=O)c1. The summed E-state index contributed by atoms with van der Waals surface area (Å²) in [5.41, 5.74) is 2.53. The van der Waals surface area contributed by atoms with E-state index in [9.17, 15) is 13.2 Å². The number of pyridine rings is 1. The molecular weight excluding hydrogens is 390 g/mol. The molecule has 0 aliphatic rings. The maximum atomic E-state index is 12.4. The summed E-state index contributed by atoms with van der Waals surface area (Å²) in [5, 5.41) is 6.53. The smallest absolute Gasteiger partial charge is 0.277 e. The Labute approximate surface area is 161 Å². The molecule has 10 heteroatoms. The van der Waals surface area contributed by atoms with E-state index < -0.39 is 10.0 Å². The molecule has 3 rings (SSSR count). The van der Waals surface area contributed by atoms with Crippen molar-refractivity contribution in [1.29, 1.82) is 0 Å². The van der Waals surface area contributed by atoms with Gasteiger partial charge in [-0.15, -0.1) is 0 Å². The summed E-state index contributed by atoms with van der Waals surface area (Å²) < 4.78 is 26.6. The largest absolute Gasteiger partial charge is 0.353 e. The van der Waals surface area contributed by atoms with Gasteiger partial charge in [-0.05, 0) is 30.2 Å². The molecule has 0 bridgehead atoms. The van der Waals surface area contributed by atoms with Gasteiger partial charge in [0.15, 0.2) is 5.65 Å². The molecule has 144 valence electrons. The van der Waals surface area contributed by atoms with E-state index in [1.807, 2.05) is 13.0 Å². The van der Waals surface area contributed by atoms with E-state index in [1.54, 1.807) is 19.2 Å². The molecule has 1 aromatic carbocycles. The number of hydrogen-bond donors (Lipinski definition) is 2. The molecule has 2 N–H and O–H groups in total. The first-order valence-electron chi connectivity index (χ1n) is 8.21. The molecule has 0 atom stereocenters. The van der Waals surface area contributed by atoms with Crippen LogP contribution in [-0.2, 0) is 23.5 Å². The van der Waals surface area contributed by atoms with E-state index in [0.29, 0.717) is 28.1 Å². The summed E-state index contributed by atoms with van der Waals surface area (Å²) in [5.74, 6) is 0. The number of benzene rings is 1. The number of aromatic nitrogens is 3. The fourth-order valence-corrected chi connectivity index (χ4v) is 3.48. The second-order valence-electron chi connectivity index (χ2n) is 6.25. The lowest BCUT2D eigenvalue weighted by Crippen LogP contribution is -2.25. The van der Waals surface area contributed by atoms with Crippen LogP contribution in [0.4, 0.5) is 17.1 Å². The zero-order valence-electron chi connectivity index (χ0n) is 15.4. The van der Waals surface area contributed by atoms with E-state index in [0.717, 1.165) is 18.2 Å². The van der Waals surface area contributed by atoms with E-state index in [1.165, 1.54) is 22.1 Å². The molecule has 0 amide bonds. The summed E-state index contributed by atoms with van der Waals surface area (Å²) in [6, 6.07) is 7.03. The lowest BCUT2D eigenvalue weighted by molar-refractivity contribution is 0.600. The van der Waals surface area contributed by atoms with E-state index >= 15 is 0 Å². The van der Waals surface area contributed by atoms with Gasteiger partial charge in [0.2, 0.25) is 10.0 Å². The van der Waals surface area contributed by atoms with Crippen LogP contribution in [0.1, 0.15) is 12.5 Å². The average Bonchev–Trinajstić information content (AvgIpc) is 2.87. The van der Waals surface area contributed by atoms with Gasteiger partial charge in [-0.1, -0.05) is 24.6 Å². The van der Waals surface area contributed by atoms with Crippen LogP contribution < -0.4 is 15.2 Å². The third kappa shape index (κ3) is 3.65. The lowest BCUT2D eigenvalue weighted by atomic mass is 10.1. The Bertz CT molecular complexity index is 1180. The van der Waals surface area contributed by atoms with Crippen LogP contribution in [0, 0.1) is 0 Å². The van der Waals surface area contributed by atoms with Crippen LogP contribution in [0.15, 0.2) is 29.1 Å². The van der Waals surface area contributed by atoms with Crippen LogP contribution in [0.2, 0.25) is 5.15 Å². The van der Waals surface area contributed by atoms with Crippen molar-refractivity contribution in [3.63, 3.8) is 0 Å². The van der Waals surface area contributed by atoms with Gasteiger partial charge >= 0.3 is 0 Å². The highest BCUT2D eigenvalue weighted by atomic mass is 35.5. The van der Waals surface area contributed by atoms with Crippen LogP contribution >= 0.6 is 11.6 Å². The summed E-state index contributed by atoms with van der Waals surface area (Å²) in [6.45, 7) is 1.99. The number of rotatable bonds is 5. The zero-order valence-corrected chi connectivity index (χ0v) is 16.9. The Morgan fingerprint density at radius 1 is 1.30 bits per heavy atom. The minimum absolute atomic E-state index is 0.204. The number of H-pyrrole nitrogens is 1. The highest BCUT2D eigenvalue weighted by molar-refractivity contribution is 7.92. The summed E-state index contributed by atoms with van der Waals surface area (Å²) in [4.78, 5) is 16.6. The fourth-order valence-electron chi connectivity index (χ4n) is 2.77. The molecule has 0 unspecified atom stereocenters. The van der Waals surface area contributed by atoms with Gasteiger partial charge in [0.1, 0.15) is 10.5 Å². The van der Waals surface area contributed by atoms with Crippen molar-refractivity contribution < 1.29 is 8.42 Å². The van der Waals surface area contributed by atoms with Crippen molar-refractivity contribution >= 4 is 49.7 Å². The normalized spacial score (nSPS) is 11.7. The maximum Gasteiger partial charge on any atom is 0.277 e. The highest BCUT2D eigenvalue weighted by Crippen LogP contribution is 2.33. The standard InChI is InChI=1S/C17H20ClN5O3S/c1-5-10-6-7-11(13(8-10)23(3)27(4,25)26)19-12-9-14(18)20-16-15(12)17(24)22(2)21-16/h6-9H,5H2,1-4H3,(H2,19,20,21). The number of halogens is 1. The van der Waals surface area contributed by atoms with Gasteiger partial charge in [0.05, 0.1) is 23.3 Å². The van der Waals surface area contributed by atoms with Crippen molar-refractivity contribution in [3.8, 4) is 0 Å². The monoisotopic (exact) mass is 409 g/mol. The van der Waals surface area contributed by atoms with Gasteiger partial charge in [-0.25, -0.2) is 13.4 Å². The third-order valence-corrected chi connectivity index (χ3v) is 5.74. The van der Waals surface area contributed by atoms with Crippen molar-refractivity contribution in [3.05, 3.63) is 45.3 Å². The predicted octanol–water partition coefficient (Wildman–Crippen LogP) is 2.62. The topological polar surface area (TPSA) is 100 Å². The quantitative estimate of drug-likeness (QED) is 0.631. The second-order valence-corrected chi connectivity index (χ2v) is 8.65. The molecule has 2 aromatic heterocycles. The van der Waals surface area contributed by atoms with Gasteiger partial charge in [-0.2, -0.15) is 0 Å². The third-order valence-electron chi connectivity index (χ3n) is 4.36. The molecule has 2 heterocycles. The molecule has 0 saturated carbocycles. The molecule has 27 heavy (non-hydrogen) atoms. The van der Waals surface area contributed by atoms with Gasteiger partial charge in [0.25, 0.3) is 5.56 Å². The minimum Gasteiger partial charge on any atom is -0.353 e. The molecule has 0 aliphatic heterocycles. The fraction of sp³-hybridized carbons (Fsp3) is 0.294. The maximum absolute atomic E-state index is 12.4. The van der Waals surface area contributed by atoms with Crippen LogP contribution in [0.5, 0.6) is 0 Å². The average molecular weight is 410 g/mol. The molecule has 0 fully saturated rings. The van der Waals surface area contributed by atoms with Crippen molar-refractivity contribution in [2.24, 2.45) is 7.05 Å². The molecule has 0 radical (unpaired) electrons. The zero-order chi connectivity index (χ0) is 19.9. The van der Waals surface area contributed by atoms with Gasteiger partial charge in [-0.3, -0.25) is 18.9 Å². The van der Waals surface area contributed by atoms with Gasteiger partial charge in [0, 0.05) is 14.1 Å².